The first-order valence-electron chi connectivity index (χ1n) is 7.51. The molecule has 0 radical (unpaired) electrons. The summed E-state index contributed by atoms with van der Waals surface area (Å²) in [7, 11) is 2.18. The van der Waals surface area contributed by atoms with Gasteiger partial charge in [0.1, 0.15) is 5.82 Å². The van der Waals surface area contributed by atoms with Gasteiger partial charge in [-0.3, -0.25) is 4.98 Å². The van der Waals surface area contributed by atoms with Crippen LogP contribution >= 0.6 is 0 Å². The summed E-state index contributed by atoms with van der Waals surface area (Å²) >= 11 is 0. The first-order chi connectivity index (χ1) is 9.28. The van der Waals surface area contributed by atoms with Crippen molar-refractivity contribution >= 4 is 5.82 Å². The van der Waals surface area contributed by atoms with E-state index in [1.54, 1.807) is 0 Å². The number of hydrogen-bond donors (Lipinski definition) is 1. The summed E-state index contributed by atoms with van der Waals surface area (Å²) in [5, 5.41) is 3.25. The maximum atomic E-state index is 4.48. The third-order valence-electron chi connectivity index (χ3n) is 3.74. The van der Waals surface area contributed by atoms with Crippen LogP contribution in [0.4, 0.5) is 5.82 Å². The van der Waals surface area contributed by atoms with Crippen LogP contribution in [0.25, 0.3) is 0 Å². The molecule has 19 heavy (non-hydrogen) atoms. The highest BCUT2D eigenvalue weighted by atomic mass is 15.1. The van der Waals surface area contributed by atoms with Crippen molar-refractivity contribution in [2.75, 3.05) is 25.5 Å². The minimum Gasteiger partial charge on any atom is -0.369 e. The SMILES string of the molecule is CCCNc1cnc(CN(C)CC2CCCC2)cn1. The Balaban J connectivity index is 1.77. The second-order valence-electron chi connectivity index (χ2n) is 5.67. The predicted octanol–water partition coefficient (Wildman–Crippen LogP) is 2.92. The lowest BCUT2D eigenvalue weighted by atomic mass is 10.1. The van der Waals surface area contributed by atoms with E-state index in [0.717, 1.165) is 36.9 Å². The van der Waals surface area contributed by atoms with Crippen molar-refractivity contribution < 1.29 is 0 Å². The van der Waals surface area contributed by atoms with Gasteiger partial charge in [-0.2, -0.15) is 0 Å². The van der Waals surface area contributed by atoms with E-state index >= 15 is 0 Å². The van der Waals surface area contributed by atoms with Gasteiger partial charge in [-0.1, -0.05) is 19.8 Å². The molecule has 0 amide bonds. The molecule has 1 heterocycles. The molecule has 0 aromatic carbocycles. The maximum absolute atomic E-state index is 4.48. The van der Waals surface area contributed by atoms with E-state index in [4.69, 9.17) is 0 Å². The molecule has 1 saturated carbocycles. The fraction of sp³-hybridized carbons (Fsp3) is 0.733. The monoisotopic (exact) mass is 262 g/mol. The molecule has 2 rings (SSSR count). The summed E-state index contributed by atoms with van der Waals surface area (Å²) in [5.41, 5.74) is 1.06. The normalized spacial score (nSPS) is 16.2. The molecule has 0 bridgehead atoms. The van der Waals surface area contributed by atoms with E-state index in [1.807, 2.05) is 12.4 Å². The summed E-state index contributed by atoms with van der Waals surface area (Å²) in [5.74, 6) is 1.77. The fourth-order valence-electron chi connectivity index (χ4n) is 2.76. The molecule has 0 atom stereocenters. The highest BCUT2D eigenvalue weighted by Gasteiger charge is 2.16. The van der Waals surface area contributed by atoms with E-state index in [0.29, 0.717) is 0 Å². The van der Waals surface area contributed by atoms with Crippen molar-refractivity contribution in [3.05, 3.63) is 18.1 Å². The Morgan fingerprint density at radius 1 is 1.26 bits per heavy atom. The van der Waals surface area contributed by atoms with Crippen molar-refractivity contribution in [1.29, 1.82) is 0 Å². The van der Waals surface area contributed by atoms with Crippen LogP contribution in [0.5, 0.6) is 0 Å². The zero-order valence-electron chi connectivity index (χ0n) is 12.2. The molecule has 1 aliphatic carbocycles. The van der Waals surface area contributed by atoms with Crippen molar-refractivity contribution in [3.63, 3.8) is 0 Å². The van der Waals surface area contributed by atoms with E-state index in [1.165, 1.54) is 32.2 Å². The van der Waals surface area contributed by atoms with Crippen LogP contribution in [0.1, 0.15) is 44.7 Å². The Kier molecular flexibility index (Phi) is 5.58. The van der Waals surface area contributed by atoms with E-state index in [-0.39, 0.29) is 0 Å². The molecule has 1 N–H and O–H groups in total. The lowest BCUT2D eigenvalue weighted by molar-refractivity contribution is 0.268. The van der Waals surface area contributed by atoms with Crippen LogP contribution in [-0.4, -0.2) is 35.0 Å². The largest absolute Gasteiger partial charge is 0.369 e. The van der Waals surface area contributed by atoms with Gasteiger partial charge in [0, 0.05) is 19.6 Å². The van der Waals surface area contributed by atoms with Crippen LogP contribution in [0.15, 0.2) is 12.4 Å². The molecule has 1 aliphatic rings. The summed E-state index contributed by atoms with van der Waals surface area (Å²) in [6.07, 6.45) is 10.5. The highest BCUT2D eigenvalue weighted by molar-refractivity contribution is 5.30. The molecular formula is C15H26N4. The predicted molar refractivity (Wildman–Crippen MR) is 79.1 cm³/mol. The zero-order chi connectivity index (χ0) is 13.5. The number of hydrogen-bond acceptors (Lipinski definition) is 4. The van der Waals surface area contributed by atoms with Gasteiger partial charge in [0.15, 0.2) is 0 Å². The molecule has 4 nitrogen and oxygen atoms in total. The first kappa shape index (κ1) is 14.3. The van der Waals surface area contributed by atoms with Gasteiger partial charge in [0.25, 0.3) is 0 Å². The van der Waals surface area contributed by atoms with Crippen LogP contribution in [0, 0.1) is 5.92 Å². The lowest BCUT2D eigenvalue weighted by Crippen LogP contribution is -2.24. The van der Waals surface area contributed by atoms with E-state index in [2.05, 4.69) is 34.2 Å². The Morgan fingerprint density at radius 2 is 2.05 bits per heavy atom. The Labute approximate surface area is 116 Å². The molecule has 0 unspecified atom stereocenters. The number of aromatic nitrogens is 2. The number of nitrogens with zero attached hydrogens (tertiary/aromatic N) is 3. The van der Waals surface area contributed by atoms with Crippen molar-refractivity contribution in [3.8, 4) is 0 Å². The van der Waals surface area contributed by atoms with Crippen molar-refractivity contribution in [1.82, 2.24) is 14.9 Å². The van der Waals surface area contributed by atoms with Gasteiger partial charge < -0.3 is 10.2 Å². The minimum absolute atomic E-state index is 0.879. The molecular weight excluding hydrogens is 236 g/mol. The Hall–Kier alpha value is -1.16. The number of nitrogens with one attached hydrogen (secondary N) is 1. The summed E-state index contributed by atoms with van der Waals surface area (Å²) < 4.78 is 0. The van der Waals surface area contributed by atoms with Crippen molar-refractivity contribution in [2.24, 2.45) is 5.92 Å². The van der Waals surface area contributed by atoms with Crippen LogP contribution in [0.2, 0.25) is 0 Å². The molecule has 0 spiro atoms. The molecule has 0 saturated heterocycles. The fourth-order valence-corrected chi connectivity index (χ4v) is 2.76. The third kappa shape index (κ3) is 4.78. The van der Waals surface area contributed by atoms with Crippen LogP contribution < -0.4 is 5.32 Å². The zero-order valence-corrected chi connectivity index (χ0v) is 12.2. The van der Waals surface area contributed by atoms with Gasteiger partial charge in [-0.25, -0.2) is 4.98 Å². The second kappa shape index (κ2) is 7.43. The Bertz CT molecular complexity index is 357. The average Bonchev–Trinajstić information content (AvgIpc) is 2.90. The summed E-state index contributed by atoms with van der Waals surface area (Å²) in [4.78, 5) is 11.3. The second-order valence-corrected chi connectivity index (χ2v) is 5.67. The average molecular weight is 262 g/mol. The smallest absolute Gasteiger partial charge is 0.144 e. The molecule has 106 valence electrons. The summed E-state index contributed by atoms with van der Waals surface area (Å²) in [6, 6.07) is 0. The first-order valence-corrected chi connectivity index (χ1v) is 7.51. The Morgan fingerprint density at radius 3 is 2.68 bits per heavy atom. The van der Waals surface area contributed by atoms with Gasteiger partial charge >= 0.3 is 0 Å². The van der Waals surface area contributed by atoms with Crippen LogP contribution in [0.3, 0.4) is 0 Å². The van der Waals surface area contributed by atoms with Gasteiger partial charge in [0.2, 0.25) is 0 Å². The highest BCUT2D eigenvalue weighted by Crippen LogP contribution is 2.25. The quantitative estimate of drug-likeness (QED) is 0.820. The van der Waals surface area contributed by atoms with Gasteiger partial charge in [-0.15, -0.1) is 0 Å². The van der Waals surface area contributed by atoms with Crippen molar-refractivity contribution in [2.45, 2.75) is 45.6 Å². The molecule has 1 fully saturated rings. The molecule has 1 aromatic heterocycles. The van der Waals surface area contributed by atoms with Gasteiger partial charge in [-0.05, 0) is 32.2 Å². The lowest BCUT2D eigenvalue weighted by Gasteiger charge is -2.20. The molecule has 1 aromatic rings. The summed E-state index contributed by atoms with van der Waals surface area (Å²) in [6.45, 7) is 5.19. The standard InChI is InChI=1S/C15H26N4/c1-3-8-16-15-10-17-14(9-18-15)12-19(2)11-13-6-4-5-7-13/h9-10,13H,3-8,11-12H2,1-2H3,(H,16,18). The minimum atomic E-state index is 0.879. The number of rotatable bonds is 7. The molecule has 0 aliphatic heterocycles. The third-order valence-corrected chi connectivity index (χ3v) is 3.74. The van der Waals surface area contributed by atoms with Gasteiger partial charge in [0.05, 0.1) is 18.1 Å². The van der Waals surface area contributed by atoms with Crippen LogP contribution in [-0.2, 0) is 6.54 Å². The van der Waals surface area contributed by atoms with E-state index in [9.17, 15) is 0 Å². The molecule has 4 heteroatoms. The number of anilines is 1. The maximum Gasteiger partial charge on any atom is 0.144 e. The van der Waals surface area contributed by atoms with E-state index < -0.39 is 0 Å². The topological polar surface area (TPSA) is 41.1 Å².